The maximum Gasteiger partial charge on any atom is 0.306 e. The summed E-state index contributed by atoms with van der Waals surface area (Å²) in [6, 6.07) is 2.20. The molecule has 0 N–H and O–H groups in total. The van der Waals surface area contributed by atoms with E-state index in [9.17, 15) is 19.6 Å². The van der Waals surface area contributed by atoms with Gasteiger partial charge in [-0.2, -0.15) is 5.26 Å². The van der Waals surface area contributed by atoms with Crippen molar-refractivity contribution in [3.05, 3.63) is 23.3 Å². The molecule has 46 heavy (non-hydrogen) atoms. The molecule has 0 heterocycles. The van der Waals surface area contributed by atoms with Crippen LogP contribution in [0.15, 0.2) is 23.3 Å². The average molecular weight is 634 g/mol. The summed E-state index contributed by atoms with van der Waals surface area (Å²) in [7, 11) is 0. The van der Waals surface area contributed by atoms with Gasteiger partial charge in [0.25, 0.3) is 0 Å². The molecule has 0 radical (unpaired) electrons. The van der Waals surface area contributed by atoms with Gasteiger partial charge in [0.15, 0.2) is 11.6 Å². The van der Waals surface area contributed by atoms with Gasteiger partial charge in [-0.3, -0.25) is 14.4 Å². The summed E-state index contributed by atoms with van der Waals surface area (Å²) in [5, 5.41) is 9.98. The van der Waals surface area contributed by atoms with Crippen LogP contribution in [0.3, 0.4) is 0 Å². The van der Waals surface area contributed by atoms with Gasteiger partial charge in [0.1, 0.15) is 12.2 Å². The van der Waals surface area contributed by atoms with E-state index < -0.39 is 10.8 Å². The van der Waals surface area contributed by atoms with E-state index in [0.29, 0.717) is 6.42 Å². The molecule has 2 fully saturated rings. The van der Waals surface area contributed by atoms with Gasteiger partial charge in [0.05, 0.1) is 5.57 Å². The van der Waals surface area contributed by atoms with E-state index in [1.807, 2.05) is 26.0 Å². The third kappa shape index (κ3) is 6.58. The molecule has 5 nitrogen and oxygen atoms in total. The second-order valence-electron chi connectivity index (χ2n) is 18.1. The molecule has 6 atom stereocenters. The number of hydrogen-bond acceptors (Lipinski definition) is 5. The molecule has 0 aromatic rings. The highest BCUT2D eigenvalue weighted by atomic mass is 16.5. The third-order valence-electron chi connectivity index (χ3n) is 14.4. The third-order valence-corrected chi connectivity index (χ3v) is 14.4. The largest absolute Gasteiger partial charge is 0.462 e. The Hall–Kier alpha value is -2.22. The second kappa shape index (κ2) is 13.0. The number of rotatable bonds is 11. The first-order valence-electron chi connectivity index (χ1n) is 18.4. The van der Waals surface area contributed by atoms with Gasteiger partial charge in [-0.15, -0.1) is 0 Å². The number of allylic oxidation sites excluding steroid dienone is 4. The molecule has 2 saturated carbocycles. The Morgan fingerprint density at radius 2 is 1.63 bits per heavy atom. The highest BCUT2D eigenvalue weighted by Crippen LogP contribution is 2.70. The van der Waals surface area contributed by atoms with Crippen LogP contribution in [-0.2, 0) is 19.1 Å². The van der Waals surface area contributed by atoms with Gasteiger partial charge >= 0.3 is 5.97 Å². The molecule has 5 heteroatoms. The number of nitrogens with zero attached hydrogens (tertiary/aromatic N) is 1. The monoisotopic (exact) mass is 633 g/mol. The number of ketones is 2. The summed E-state index contributed by atoms with van der Waals surface area (Å²) in [4.78, 5) is 40.4. The van der Waals surface area contributed by atoms with Gasteiger partial charge < -0.3 is 4.74 Å². The predicted molar refractivity (Wildman–Crippen MR) is 185 cm³/mol. The van der Waals surface area contributed by atoms with Crippen LogP contribution < -0.4 is 0 Å². The molecule has 4 aliphatic rings. The van der Waals surface area contributed by atoms with Crippen LogP contribution in [0.1, 0.15) is 159 Å². The van der Waals surface area contributed by atoms with Crippen LogP contribution >= 0.6 is 0 Å². The quantitative estimate of drug-likeness (QED) is 0.211. The summed E-state index contributed by atoms with van der Waals surface area (Å²) >= 11 is 0. The van der Waals surface area contributed by atoms with Gasteiger partial charge in [-0.25, -0.2) is 0 Å². The van der Waals surface area contributed by atoms with Crippen molar-refractivity contribution in [2.24, 2.45) is 44.3 Å². The zero-order valence-corrected chi connectivity index (χ0v) is 30.9. The van der Waals surface area contributed by atoms with Crippen LogP contribution in [0.2, 0.25) is 0 Å². The van der Waals surface area contributed by atoms with Crippen molar-refractivity contribution in [1.29, 1.82) is 5.26 Å². The summed E-state index contributed by atoms with van der Waals surface area (Å²) in [5.41, 5.74) is -0.267. The lowest BCUT2D eigenvalue weighted by atomic mass is 9.39. The molecule has 4 aliphatic carbocycles. The van der Waals surface area contributed by atoms with Gasteiger partial charge in [-0.1, -0.05) is 93.7 Å². The van der Waals surface area contributed by atoms with E-state index in [0.717, 1.165) is 82.6 Å². The molecular weight excluding hydrogens is 570 g/mol. The first kappa shape index (κ1) is 36.6. The minimum absolute atomic E-state index is 0.0334. The second-order valence-corrected chi connectivity index (χ2v) is 18.1. The molecule has 0 bridgehead atoms. The maximum atomic E-state index is 13.9. The van der Waals surface area contributed by atoms with Crippen LogP contribution in [0.5, 0.6) is 0 Å². The number of fused-ring (bicyclic) bond motifs is 3. The number of ether oxygens (including phenoxy) is 1. The lowest BCUT2D eigenvalue weighted by molar-refractivity contribution is -0.151. The van der Waals surface area contributed by atoms with Crippen LogP contribution in [-0.4, -0.2) is 23.6 Å². The molecule has 4 rings (SSSR count). The SMILES string of the molecule is CCC(C)(C)CC[C@](C)(CCC(=O)OC1CCCCC1)CC[C@]1(C)C(C)C(=O)C=C2[C@@]3(C)C=C(C#N)C(=O)C(C)(C)[C@@H]3CC[C@]21C. The van der Waals surface area contributed by atoms with E-state index in [1.54, 1.807) is 0 Å². The Labute approximate surface area is 280 Å². The van der Waals surface area contributed by atoms with E-state index in [4.69, 9.17) is 4.74 Å². The highest BCUT2D eigenvalue weighted by molar-refractivity contribution is 6.04. The summed E-state index contributed by atoms with van der Waals surface area (Å²) in [5.74, 6) is -0.0907. The fraction of sp³-hybridized carbons (Fsp3) is 0.805. The molecule has 256 valence electrons. The average Bonchev–Trinajstić information content (AvgIpc) is 3.01. The topological polar surface area (TPSA) is 84.2 Å². The van der Waals surface area contributed by atoms with Crippen LogP contribution in [0, 0.1) is 55.7 Å². The highest BCUT2D eigenvalue weighted by Gasteiger charge is 2.64. The molecule has 1 unspecified atom stereocenters. The molecule has 0 saturated heterocycles. The van der Waals surface area contributed by atoms with E-state index in [2.05, 4.69) is 61.5 Å². The van der Waals surface area contributed by atoms with E-state index in [-0.39, 0.29) is 62.7 Å². The Balaban J connectivity index is 1.63. The van der Waals surface area contributed by atoms with Gasteiger partial charge in [-0.05, 0) is 104 Å². The molecule has 0 spiro atoms. The Morgan fingerprint density at radius 1 is 0.978 bits per heavy atom. The number of esters is 1. The summed E-state index contributed by atoms with van der Waals surface area (Å²) in [6.45, 7) is 22.2. The predicted octanol–water partition coefficient (Wildman–Crippen LogP) is 10.3. The molecule has 0 amide bonds. The van der Waals surface area contributed by atoms with Crippen molar-refractivity contribution in [2.45, 2.75) is 165 Å². The zero-order chi connectivity index (χ0) is 34.3. The number of hydrogen-bond donors (Lipinski definition) is 0. The van der Waals surface area contributed by atoms with E-state index >= 15 is 0 Å². The van der Waals surface area contributed by atoms with Gasteiger partial charge in [0, 0.05) is 23.2 Å². The fourth-order valence-corrected chi connectivity index (χ4v) is 9.94. The van der Waals surface area contributed by atoms with Crippen LogP contribution in [0.4, 0.5) is 0 Å². The Bertz CT molecular complexity index is 1310. The number of carbonyl (C=O) groups excluding carboxylic acids is 3. The number of Topliss-reactive ketones (excluding diaryl/α,β-unsaturated/α-hetero) is 1. The zero-order valence-electron chi connectivity index (χ0n) is 30.9. The smallest absolute Gasteiger partial charge is 0.306 e. The first-order chi connectivity index (χ1) is 21.3. The minimum atomic E-state index is -0.671. The maximum absolute atomic E-state index is 13.9. The summed E-state index contributed by atoms with van der Waals surface area (Å²) < 4.78 is 5.95. The standard InChI is InChI=1S/C41H63NO4/c1-11-36(3,4)21-22-38(7,19-18-34(44)46-30-15-13-12-14-16-30)23-24-40(9)28(2)31(43)25-33-39(8)26-29(27-42)35(45)37(5,6)32(39)17-20-41(33,40)10/h25-26,28,30,32H,11-24H2,1-10H3/t28?,32-,38-,39-,40+,41+/m0/s1. The summed E-state index contributed by atoms with van der Waals surface area (Å²) in [6.07, 6.45) is 17.5. The molecule has 0 aromatic heterocycles. The number of carbonyl (C=O) groups is 3. The first-order valence-corrected chi connectivity index (χ1v) is 18.4. The van der Waals surface area contributed by atoms with E-state index in [1.165, 1.54) is 6.42 Å². The molecular formula is C41H63NO4. The normalized spacial score (nSPS) is 34.4. The van der Waals surface area contributed by atoms with Crippen LogP contribution in [0.25, 0.3) is 0 Å². The lowest BCUT2D eigenvalue weighted by Gasteiger charge is -2.64. The Kier molecular flexibility index (Phi) is 10.4. The van der Waals surface area contributed by atoms with Gasteiger partial charge in [0.2, 0.25) is 0 Å². The fourth-order valence-electron chi connectivity index (χ4n) is 9.94. The van der Waals surface area contributed by atoms with Crippen molar-refractivity contribution in [3.63, 3.8) is 0 Å². The molecule has 0 aromatic carbocycles. The lowest BCUT2D eigenvalue weighted by Crippen LogP contribution is -2.59. The number of nitriles is 1. The van der Waals surface area contributed by atoms with Crippen molar-refractivity contribution >= 4 is 17.5 Å². The van der Waals surface area contributed by atoms with Crippen molar-refractivity contribution in [3.8, 4) is 6.07 Å². The molecule has 0 aliphatic heterocycles. The Morgan fingerprint density at radius 3 is 2.24 bits per heavy atom. The van der Waals surface area contributed by atoms with Crippen molar-refractivity contribution in [1.82, 2.24) is 0 Å². The van der Waals surface area contributed by atoms with Crippen molar-refractivity contribution in [2.75, 3.05) is 0 Å². The minimum Gasteiger partial charge on any atom is -0.462 e. The van der Waals surface area contributed by atoms with Crippen molar-refractivity contribution < 1.29 is 19.1 Å².